The van der Waals surface area contributed by atoms with Gasteiger partial charge < -0.3 is 15.3 Å². The van der Waals surface area contributed by atoms with Crippen molar-refractivity contribution in [2.75, 3.05) is 25.9 Å². The van der Waals surface area contributed by atoms with Gasteiger partial charge in [0, 0.05) is 25.9 Å². The number of carbonyl (C=O) groups is 1. The number of halogens is 1. The molecule has 1 aliphatic rings. The van der Waals surface area contributed by atoms with Crippen LogP contribution in [0, 0.1) is 0 Å². The first-order valence-electron chi connectivity index (χ1n) is 5.33. The van der Waals surface area contributed by atoms with Gasteiger partial charge in [-0.05, 0) is 12.0 Å². The Bertz CT molecular complexity index is 218. The van der Waals surface area contributed by atoms with E-state index in [1.54, 1.807) is 0 Å². The highest BCUT2D eigenvalue weighted by Gasteiger charge is 2.23. The predicted molar refractivity (Wildman–Crippen MR) is 65.4 cm³/mol. The third kappa shape index (κ3) is 3.77. The molecule has 1 fully saturated rings. The summed E-state index contributed by atoms with van der Waals surface area (Å²) in [6, 6.07) is 0.0530. The number of amides is 2. The SMILES string of the molecule is CCC(CCN1CCNC1=O)[Si](Br)CO. The van der Waals surface area contributed by atoms with Gasteiger partial charge in [-0.1, -0.05) is 13.3 Å². The summed E-state index contributed by atoms with van der Waals surface area (Å²) in [5, 5.41) is 11.9. The van der Waals surface area contributed by atoms with E-state index in [9.17, 15) is 4.79 Å². The van der Waals surface area contributed by atoms with Gasteiger partial charge in [0.2, 0.25) is 0 Å². The number of nitrogens with zero attached hydrogens (tertiary/aromatic N) is 1. The molecule has 1 atom stereocenters. The van der Waals surface area contributed by atoms with Crippen molar-refractivity contribution < 1.29 is 9.90 Å². The van der Waals surface area contributed by atoms with Gasteiger partial charge in [0.1, 0.15) is 0 Å². The molecule has 1 radical (unpaired) electrons. The Morgan fingerprint density at radius 3 is 2.93 bits per heavy atom. The van der Waals surface area contributed by atoms with E-state index >= 15 is 0 Å². The summed E-state index contributed by atoms with van der Waals surface area (Å²) in [5.41, 5.74) is 0.536. The fourth-order valence-corrected chi connectivity index (χ4v) is 4.55. The van der Waals surface area contributed by atoms with Gasteiger partial charge in [-0.2, -0.15) is 0 Å². The molecular weight excluding hydrogens is 276 g/mol. The van der Waals surface area contributed by atoms with E-state index < -0.39 is 7.42 Å². The van der Waals surface area contributed by atoms with Crippen LogP contribution in [0.3, 0.4) is 0 Å². The Morgan fingerprint density at radius 2 is 2.47 bits per heavy atom. The van der Waals surface area contributed by atoms with Gasteiger partial charge in [-0.25, -0.2) is 4.79 Å². The first-order chi connectivity index (χ1) is 7.19. The molecule has 87 valence electrons. The molecule has 0 aliphatic carbocycles. The van der Waals surface area contributed by atoms with Crippen LogP contribution in [0.25, 0.3) is 0 Å². The number of aliphatic hydroxyl groups excluding tert-OH is 1. The highest BCUT2D eigenvalue weighted by atomic mass is 79.9. The van der Waals surface area contributed by atoms with Crippen LogP contribution < -0.4 is 5.32 Å². The third-order valence-corrected chi connectivity index (χ3v) is 7.36. The zero-order valence-electron chi connectivity index (χ0n) is 9.00. The molecule has 2 amide bonds. The minimum absolute atomic E-state index is 0.0530. The molecule has 4 nitrogen and oxygen atoms in total. The van der Waals surface area contributed by atoms with E-state index in [4.69, 9.17) is 5.11 Å². The van der Waals surface area contributed by atoms with Crippen LogP contribution in [-0.2, 0) is 0 Å². The van der Waals surface area contributed by atoms with Crippen molar-refractivity contribution in [2.45, 2.75) is 25.3 Å². The molecule has 1 unspecified atom stereocenters. The van der Waals surface area contributed by atoms with Crippen LogP contribution in [0.1, 0.15) is 19.8 Å². The van der Waals surface area contributed by atoms with Crippen molar-refractivity contribution >= 4 is 28.7 Å². The first-order valence-corrected chi connectivity index (χ1v) is 9.38. The number of hydrogen-bond acceptors (Lipinski definition) is 2. The Kier molecular flexibility index (Phi) is 5.63. The first kappa shape index (κ1) is 13.0. The maximum absolute atomic E-state index is 11.3. The van der Waals surface area contributed by atoms with Gasteiger partial charge in [-0.3, -0.25) is 0 Å². The molecule has 1 aliphatic heterocycles. The van der Waals surface area contributed by atoms with Crippen molar-refractivity contribution in [1.82, 2.24) is 10.2 Å². The highest BCUT2D eigenvalue weighted by molar-refractivity contribution is 9.24. The van der Waals surface area contributed by atoms with Crippen molar-refractivity contribution in [1.29, 1.82) is 0 Å². The van der Waals surface area contributed by atoms with Crippen LogP contribution in [0.4, 0.5) is 4.79 Å². The summed E-state index contributed by atoms with van der Waals surface area (Å²) in [6.07, 6.45) is 2.31. The molecule has 0 aromatic carbocycles. The molecular formula is C9H18BrN2O2Si. The Labute approximate surface area is 100 Å². The summed E-state index contributed by atoms with van der Waals surface area (Å²) >= 11 is 3.56. The van der Waals surface area contributed by atoms with Crippen LogP contribution >= 0.6 is 15.3 Å². The van der Waals surface area contributed by atoms with E-state index in [2.05, 4.69) is 27.5 Å². The van der Waals surface area contributed by atoms with Gasteiger partial charge >= 0.3 is 6.03 Å². The molecule has 1 heterocycles. The topological polar surface area (TPSA) is 52.6 Å². The molecule has 0 aromatic rings. The number of urea groups is 1. The van der Waals surface area contributed by atoms with E-state index in [1.165, 1.54) is 0 Å². The number of nitrogens with one attached hydrogen (secondary N) is 1. The molecule has 2 N–H and O–H groups in total. The average Bonchev–Trinajstić information content (AvgIpc) is 2.65. The second-order valence-electron chi connectivity index (χ2n) is 3.72. The lowest BCUT2D eigenvalue weighted by molar-refractivity contribution is 0.216. The monoisotopic (exact) mass is 293 g/mol. The minimum atomic E-state index is -0.817. The van der Waals surface area contributed by atoms with E-state index in [0.717, 1.165) is 32.5 Å². The smallest absolute Gasteiger partial charge is 0.317 e. The summed E-state index contributed by atoms with van der Waals surface area (Å²) in [5.74, 6) is 0. The van der Waals surface area contributed by atoms with Crippen molar-refractivity contribution in [3.05, 3.63) is 0 Å². The molecule has 0 aromatic heterocycles. The number of hydrogen-bond donors (Lipinski definition) is 2. The van der Waals surface area contributed by atoms with Gasteiger partial charge in [0.15, 0.2) is 7.42 Å². The summed E-state index contributed by atoms with van der Waals surface area (Å²) in [6.45, 7) is 4.53. The zero-order valence-corrected chi connectivity index (χ0v) is 11.6. The Balaban J connectivity index is 2.30. The zero-order chi connectivity index (χ0) is 11.3. The molecule has 0 spiro atoms. The average molecular weight is 294 g/mol. The summed E-state index contributed by atoms with van der Waals surface area (Å²) < 4.78 is 0. The Hall–Kier alpha value is -0.0731. The van der Waals surface area contributed by atoms with Crippen molar-refractivity contribution in [3.63, 3.8) is 0 Å². The minimum Gasteiger partial charge on any atom is -0.399 e. The summed E-state index contributed by atoms with van der Waals surface area (Å²) in [4.78, 5) is 13.1. The van der Waals surface area contributed by atoms with Gasteiger partial charge in [0.25, 0.3) is 0 Å². The molecule has 0 bridgehead atoms. The largest absolute Gasteiger partial charge is 0.399 e. The molecule has 15 heavy (non-hydrogen) atoms. The quantitative estimate of drug-likeness (QED) is 0.569. The number of aliphatic hydroxyl groups is 1. The number of carbonyl (C=O) groups excluding carboxylic acids is 1. The van der Waals surface area contributed by atoms with Crippen LogP contribution in [-0.4, -0.2) is 49.3 Å². The molecule has 0 saturated carbocycles. The van der Waals surface area contributed by atoms with E-state index in [0.29, 0.717) is 5.54 Å². The van der Waals surface area contributed by atoms with Crippen LogP contribution in [0.15, 0.2) is 0 Å². The molecule has 1 saturated heterocycles. The molecule has 6 heteroatoms. The fourth-order valence-electron chi connectivity index (χ4n) is 1.75. The van der Waals surface area contributed by atoms with Gasteiger partial charge in [-0.15, -0.1) is 15.3 Å². The maximum atomic E-state index is 11.3. The lowest BCUT2D eigenvalue weighted by Crippen LogP contribution is -2.31. The standard InChI is InChI=1S/C9H18BrN2O2Si/c1-2-8(15(10)7-13)3-5-12-6-4-11-9(12)14/h8,13H,2-7H2,1H3,(H,11,14). The van der Waals surface area contributed by atoms with E-state index in [1.807, 2.05) is 4.90 Å². The van der Waals surface area contributed by atoms with Crippen molar-refractivity contribution in [2.24, 2.45) is 0 Å². The highest BCUT2D eigenvalue weighted by Crippen LogP contribution is 2.23. The molecule has 1 rings (SSSR count). The Morgan fingerprint density at radius 1 is 1.73 bits per heavy atom. The normalized spacial score (nSPS) is 18.4. The third-order valence-electron chi connectivity index (χ3n) is 2.78. The fraction of sp³-hybridized carbons (Fsp3) is 0.889. The lowest BCUT2D eigenvalue weighted by Gasteiger charge is -2.21. The van der Waals surface area contributed by atoms with E-state index in [-0.39, 0.29) is 12.3 Å². The van der Waals surface area contributed by atoms with Crippen molar-refractivity contribution in [3.8, 4) is 0 Å². The lowest BCUT2D eigenvalue weighted by atomic mass is 10.2. The maximum Gasteiger partial charge on any atom is 0.317 e. The second-order valence-corrected chi connectivity index (χ2v) is 8.80. The van der Waals surface area contributed by atoms with Crippen LogP contribution in [0.5, 0.6) is 0 Å². The number of rotatable bonds is 6. The van der Waals surface area contributed by atoms with Crippen LogP contribution in [0.2, 0.25) is 5.54 Å². The predicted octanol–water partition coefficient (Wildman–Crippen LogP) is 1.10. The summed E-state index contributed by atoms with van der Waals surface area (Å²) in [7, 11) is -0.817. The van der Waals surface area contributed by atoms with Gasteiger partial charge in [0.05, 0.1) is 0 Å². The second kappa shape index (κ2) is 6.50.